The summed E-state index contributed by atoms with van der Waals surface area (Å²) in [5.74, 6) is 1.20. The topological polar surface area (TPSA) is 46.2 Å². The molecule has 3 heteroatoms. The van der Waals surface area contributed by atoms with Gasteiger partial charge in [0.2, 0.25) is 0 Å². The van der Waals surface area contributed by atoms with Gasteiger partial charge in [0, 0.05) is 12.0 Å². The first-order chi connectivity index (χ1) is 7.15. The molecule has 3 nitrogen and oxygen atoms in total. The van der Waals surface area contributed by atoms with Gasteiger partial charge in [-0.2, -0.15) is 0 Å². The van der Waals surface area contributed by atoms with E-state index >= 15 is 0 Å². The SMILES string of the molecule is CC(C)=O.O=CC1CCNC2CCCC12. The van der Waals surface area contributed by atoms with Crippen LogP contribution >= 0.6 is 0 Å². The lowest BCUT2D eigenvalue weighted by Crippen LogP contribution is -2.43. The number of hydrogen-bond acceptors (Lipinski definition) is 3. The fourth-order valence-electron chi connectivity index (χ4n) is 2.57. The van der Waals surface area contributed by atoms with Gasteiger partial charge in [0.25, 0.3) is 0 Å². The third-order valence-electron chi connectivity index (χ3n) is 3.18. The molecule has 3 atom stereocenters. The van der Waals surface area contributed by atoms with Gasteiger partial charge in [-0.05, 0) is 45.6 Å². The van der Waals surface area contributed by atoms with Crippen molar-refractivity contribution in [3.63, 3.8) is 0 Å². The molecule has 2 fully saturated rings. The molecule has 2 aliphatic rings. The van der Waals surface area contributed by atoms with Crippen molar-refractivity contribution < 1.29 is 9.59 Å². The molecule has 1 N–H and O–H groups in total. The van der Waals surface area contributed by atoms with Gasteiger partial charge < -0.3 is 14.9 Å². The van der Waals surface area contributed by atoms with E-state index in [0.717, 1.165) is 13.0 Å². The number of fused-ring (bicyclic) bond motifs is 1. The quantitative estimate of drug-likeness (QED) is 0.669. The van der Waals surface area contributed by atoms with Crippen LogP contribution in [0.5, 0.6) is 0 Å². The molecule has 0 bridgehead atoms. The number of carbonyl (C=O) groups is 2. The molecule has 1 aliphatic carbocycles. The molecule has 1 aliphatic heterocycles. The van der Waals surface area contributed by atoms with Crippen molar-refractivity contribution in [3.8, 4) is 0 Å². The van der Waals surface area contributed by atoms with Gasteiger partial charge in [0.1, 0.15) is 12.1 Å². The monoisotopic (exact) mass is 211 g/mol. The second-order valence-corrected chi connectivity index (χ2v) is 4.65. The van der Waals surface area contributed by atoms with Crippen LogP contribution in [0.3, 0.4) is 0 Å². The Morgan fingerprint density at radius 3 is 2.53 bits per heavy atom. The first-order valence-electron chi connectivity index (χ1n) is 5.81. The second kappa shape index (κ2) is 6.01. The van der Waals surface area contributed by atoms with Gasteiger partial charge >= 0.3 is 0 Å². The van der Waals surface area contributed by atoms with Crippen molar-refractivity contribution in [1.82, 2.24) is 5.32 Å². The summed E-state index contributed by atoms with van der Waals surface area (Å²) < 4.78 is 0. The molecule has 0 aromatic carbocycles. The van der Waals surface area contributed by atoms with Crippen molar-refractivity contribution in [2.75, 3.05) is 6.54 Å². The average Bonchev–Trinajstić information content (AvgIpc) is 2.63. The second-order valence-electron chi connectivity index (χ2n) is 4.65. The Bertz CT molecular complexity index is 224. The van der Waals surface area contributed by atoms with Gasteiger partial charge in [-0.1, -0.05) is 6.42 Å². The first-order valence-corrected chi connectivity index (χ1v) is 5.81. The number of aldehydes is 1. The number of Topliss-reactive ketones (excluding diaryl/α,β-unsaturated/α-hetero) is 1. The molecule has 0 aromatic rings. The molecule has 0 spiro atoms. The maximum absolute atomic E-state index is 10.7. The molecule has 15 heavy (non-hydrogen) atoms. The lowest BCUT2D eigenvalue weighted by atomic mass is 9.84. The summed E-state index contributed by atoms with van der Waals surface area (Å²) in [6.07, 6.45) is 6.09. The Morgan fingerprint density at radius 2 is 1.93 bits per heavy atom. The molecular formula is C12H21NO2. The van der Waals surface area contributed by atoms with E-state index in [2.05, 4.69) is 5.32 Å². The number of carbonyl (C=O) groups excluding carboxylic acids is 2. The van der Waals surface area contributed by atoms with E-state index in [1.165, 1.54) is 39.4 Å². The highest BCUT2D eigenvalue weighted by Gasteiger charge is 2.35. The Kier molecular flexibility index (Phi) is 4.95. The van der Waals surface area contributed by atoms with Crippen molar-refractivity contribution in [1.29, 1.82) is 0 Å². The summed E-state index contributed by atoms with van der Waals surface area (Å²) in [4.78, 5) is 20.1. The van der Waals surface area contributed by atoms with Crippen LogP contribution in [-0.2, 0) is 9.59 Å². The highest BCUT2D eigenvalue weighted by molar-refractivity contribution is 5.72. The van der Waals surface area contributed by atoms with Gasteiger partial charge in [0.05, 0.1) is 0 Å². The Labute approximate surface area is 91.6 Å². The molecule has 3 unspecified atom stereocenters. The summed E-state index contributed by atoms with van der Waals surface area (Å²) in [6, 6.07) is 0.666. The van der Waals surface area contributed by atoms with Crippen LogP contribution in [0, 0.1) is 11.8 Å². The van der Waals surface area contributed by atoms with Crippen molar-refractivity contribution in [2.24, 2.45) is 11.8 Å². The average molecular weight is 211 g/mol. The lowest BCUT2D eigenvalue weighted by molar-refractivity contribution is -0.115. The van der Waals surface area contributed by atoms with Crippen LogP contribution in [0.25, 0.3) is 0 Å². The van der Waals surface area contributed by atoms with Crippen molar-refractivity contribution in [3.05, 3.63) is 0 Å². The molecule has 0 aromatic heterocycles. The lowest BCUT2D eigenvalue weighted by Gasteiger charge is -2.31. The number of rotatable bonds is 1. The third kappa shape index (κ3) is 3.74. The number of nitrogens with one attached hydrogen (secondary N) is 1. The molecule has 86 valence electrons. The number of hydrogen-bond donors (Lipinski definition) is 1. The van der Waals surface area contributed by atoms with E-state index in [0.29, 0.717) is 17.9 Å². The Morgan fingerprint density at radius 1 is 1.27 bits per heavy atom. The van der Waals surface area contributed by atoms with Gasteiger partial charge in [-0.15, -0.1) is 0 Å². The van der Waals surface area contributed by atoms with Crippen molar-refractivity contribution >= 4 is 12.1 Å². The zero-order chi connectivity index (χ0) is 11.3. The maximum Gasteiger partial charge on any atom is 0.126 e. The summed E-state index contributed by atoms with van der Waals surface area (Å²) in [6.45, 7) is 4.10. The molecular weight excluding hydrogens is 190 g/mol. The van der Waals surface area contributed by atoms with Gasteiger partial charge in [-0.25, -0.2) is 0 Å². The van der Waals surface area contributed by atoms with E-state index in [1.54, 1.807) is 0 Å². The molecule has 2 rings (SSSR count). The smallest absolute Gasteiger partial charge is 0.126 e. The van der Waals surface area contributed by atoms with E-state index < -0.39 is 0 Å². The zero-order valence-electron chi connectivity index (χ0n) is 9.66. The minimum Gasteiger partial charge on any atom is -0.314 e. The fourth-order valence-corrected chi connectivity index (χ4v) is 2.57. The predicted octanol–water partition coefficient (Wildman–Crippen LogP) is 1.56. The molecule has 1 heterocycles. The predicted molar refractivity (Wildman–Crippen MR) is 59.7 cm³/mol. The van der Waals surface area contributed by atoms with Crippen molar-refractivity contribution in [2.45, 2.75) is 45.6 Å². The first kappa shape index (κ1) is 12.4. The van der Waals surface area contributed by atoms with Crippen LogP contribution in [-0.4, -0.2) is 24.7 Å². The zero-order valence-corrected chi connectivity index (χ0v) is 9.66. The summed E-state index contributed by atoms with van der Waals surface area (Å²) in [5, 5.41) is 3.49. The highest BCUT2D eigenvalue weighted by Crippen LogP contribution is 2.34. The minimum atomic E-state index is 0.167. The molecule has 0 radical (unpaired) electrons. The largest absolute Gasteiger partial charge is 0.314 e. The third-order valence-corrected chi connectivity index (χ3v) is 3.18. The summed E-state index contributed by atoms with van der Waals surface area (Å²) in [7, 11) is 0. The summed E-state index contributed by atoms with van der Waals surface area (Å²) >= 11 is 0. The van der Waals surface area contributed by atoms with Crippen LogP contribution in [0.1, 0.15) is 39.5 Å². The van der Waals surface area contributed by atoms with Crippen LogP contribution in [0.4, 0.5) is 0 Å². The fraction of sp³-hybridized carbons (Fsp3) is 0.833. The van der Waals surface area contributed by atoms with Crippen LogP contribution in [0.2, 0.25) is 0 Å². The number of ketones is 1. The van der Waals surface area contributed by atoms with E-state index in [1.807, 2.05) is 0 Å². The molecule has 1 saturated carbocycles. The van der Waals surface area contributed by atoms with E-state index in [9.17, 15) is 9.59 Å². The Balaban J connectivity index is 0.000000245. The normalized spacial score (nSPS) is 33.6. The maximum atomic E-state index is 10.7. The molecule has 0 amide bonds. The molecule has 1 saturated heterocycles. The van der Waals surface area contributed by atoms with Gasteiger partial charge in [-0.3, -0.25) is 0 Å². The van der Waals surface area contributed by atoms with E-state index in [4.69, 9.17) is 0 Å². The highest BCUT2D eigenvalue weighted by atomic mass is 16.1. The van der Waals surface area contributed by atoms with E-state index in [-0.39, 0.29) is 5.78 Å². The van der Waals surface area contributed by atoms with Crippen LogP contribution in [0.15, 0.2) is 0 Å². The van der Waals surface area contributed by atoms with Crippen LogP contribution < -0.4 is 5.32 Å². The summed E-state index contributed by atoms with van der Waals surface area (Å²) in [5.41, 5.74) is 0. The standard InChI is InChI=1S/C9H15NO.C3H6O/c11-6-7-4-5-10-9-3-1-2-8(7)9;1-3(2)4/h6-10H,1-5H2;1-2H3. The van der Waals surface area contributed by atoms with Gasteiger partial charge in [0.15, 0.2) is 0 Å². The number of piperidine rings is 1. The Hall–Kier alpha value is -0.700. The minimum absolute atomic E-state index is 0.167.